The zero-order valence-corrected chi connectivity index (χ0v) is 15.6. The van der Waals surface area contributed by atoms with Crippen molar-refractivity contribution in [3.8, 4) is 5.69 Å². The van der Waals surface area contributed by atoms with Crippen LogP contribution in [0.4, 0.5) is 0 Å². The number of amides is 1. The first-order valence-corrected chi connectivity index (χ1v) is 9.12. The van der Waals surface area contributed by atoms with E-state index in [2.05, 4.69) is 5.10 Å². The van der Waals surface area contributed by atoms with Gasteiger partial charge in [0, 0.05) is 13.1 Å². The number of hydrogen-bond donors (Lipinski definition) is 1. The van der Waals surface area contributed by atoms with Crippen LogP contribution < -0.4 is 0 Å². The number of aromatic nitrogens is 2. The lowest BCUT2D eigenvalue weighted by Gasteiger charge is -2.30. The van der Waals surface area contributed by atoms with Crippen molar-refractivity contribution in [3.63, 3.8) is 0 Å². The molecule has 1 aromatic carbocycles. The Bertz CT molecular complexity index is 823. The molecule has 6 nitrogen and oxygen atoms in total. The van der Waals surface area contributed by atoms with Crippen LogP contribution in [0.2, 0.25) is 5.02 Å². The maximum Gasteiger partial charge on any atom is 0.306 e. The van der Waals surface area contributed by atoms with Gasteiger partial charge in [-0.1, -0.05) is 37.6 Å². The summed E-state index contributed by atoms with van der Waals surface area (Å²) in [4.78, 5) is 25.9. The van der Waals surface area contributed by atoms with E-state index in [9.17, 15) is 9.59 Å². The van der Waals surface area contributed by atoms with Gasteiger partial charge in [-0.25, -0.2) is 4.68 Å². The van der Waals surface area contributed by atoms with Crippen molar-refractivity contribution in [2.24, 2.45) is 5.92 Å². The lowest BCUT2D eigenvalue weighted by Crippen LogP contribution is -2.40. The van der Waals surface area contributed by atoms with Crippen molar-refractivity contribution in [1.82, 2.24) is 14.7 Å². The fourth-order valence-corrected chi connectivity index (χ4v) is 3.61. The van der Waals surface area contributed by atoms with E-state index < -0.39 is 5.97 Å². The van der Waals surface area contributed by atoms with Crippen LogP contribution >= 0.6 is 11.6 Å². The second kappa shape index (κ2) is 7.50. The van der Waals surface area contributed by atoms with Gasteiger partial charge in [0.15, 0.2) is 0 Å². The van der Waals surface area contributed by atoms with Crippen molar-refractivity contribution in [1.29, 1.82) is 0 Å². The number of carbonyl (C=O) groups is 2. The number of aliphatic carboxylic acids is 1. The molecule has 0 atom stereocenters. The number of halogens is 1. The molecule has 26 heavy (non-hydrogen) atoms. The fraction of sp³-hybridized carbons (Fsp3) is 0.421. The minimum absolute atomic E-state index is 0.0734. The predicted molar refractivity (Wildman–Crippen MR) is 98.9 cm³/mol. The van der Waals surface area contributed by atoms with E-state index in [1.165, 1.54) is 0 Å². The van der Waals surface area contributed by atoms with E-state index in [1.54, 1.807) is 21.8 Å². The molecular weight excluding hydrogens is 354 g/mol. The Morgan fingerprint density at radius 3 is 2.46 bits per heavy atom. The molecule has 2 aromatic rings. The SMILES string of the molecule is CC(C)c1c(C(=O)N2CCC(C(=O)O)CC2)cnn1-c1ccccc1Cl. The maximum atomic E-state index is 13.0. The first-order chi connectivity index (χ1) is 12.4. The first-order valence-electron chi connectivity index (χ1n) is 8.75. The number of piperidine rings is 1. The molecule has 1 amide bonds. The van der Waals surface area contributed by atoms with Gasteiger partial charge >= 0.3 is 5.97 Å². The summed E-state index contributed by atoms with van der Waals surface area (Å²) in [5.74, 6) is -1.18. The lowest BCUT2D eigenvalue weighted by atomic mass is 9.96. The molecule has 1 saturated heterocycles. The average molecular weight is 376 g/mol. The summed E-state index contributed by atoms with van der Waals surface area (Å²) in [6.07, 6.45) is 2.55. The molecule has 1 aliphatic heterocycles. The van der Waals surface area contributed by atoms with Gasteiger partial charge in [-0.05, 0) is 30.9 Å². The second-order valence-corrected chi connectivity index (χ2v) is 7.27. The van der Waals surface area contributed by atoms with Crippen LogP contribution in [0.1, 0.15) is 48.7 Å². The number of carboxylic acids is 1. The van der Waals surface area contributed by atoms with Crippen molar-refractivity contribution in [2.75, 3.05) is 13.1 Å². The molecule has 138 valence electrons. The molecule has 1 fully saturated rings. The van der Waals surface area contributed by atoms with Gasteiger partial charge in [0.2, 0.25) is 0 Å². The zero-order valence-electron chi connectivity index (χ0n) is 14.9. The molecule has 0 aliphatic carbocycles. The number of para-hydroxylation sites is 1. The Labute approximate surface area is 157 Å². The molecule has 0 radical (unpaired) electrons. The molecular formula is C19H22ClN3O3. The minimum atomic E-state index is -0.786. The molecule has 7 heteroatoms. The number of likely N-dealkylation sites (tertiary alicyclic amines) is 1. The number of nitrogens with zero attached hydrogens (tertiary/aromatic N) is 3. The van der Waals surface area contributed by atoms with Gasteiger partial charge in [-0.3, -0.25) is 9.59 Å². The van der Waals surface area contributed by atoms with Crippen LogP contribution in [0, 0.1) is 5.92 Å². The molecule has 0 unspecified atom stereocenters. The van der Waals surface area contributed by atoms with Crippen LogP contribution in [-0.2, 0) is 4.79 Å². The molecule has 1 aromatic heterocycles. The van der Waals surface area contributed by atoms with Gasteiger partial charge in [0.25, 0.3) is 5.91 Å². The Morgan fingerprint density at radius 2 is 1.88 bits per heavy atom. The summed E-state index contributed by atoms with van der Waals surface area (Å²) in [6.45, 7) is 4.92. The second-order valence-electron chi connectivity index (χ2n) is 6.87. The van der Waals surface area contributed by atoms with Gasteiger partial charge in [-0.15, -0.1) is 0 Å². The summed E-state index contributed by atoms with van der Waals surface area (Å²) in [6, 6.07) is 7.39. The van der Waals surface area contributed by atoms with E-state index in [0.717, 1.165) is 11.4 Å². The van der Waals surface area contributed by atoms with Crippen LogP contribution in [0.5, 0.6) is 0 Å². The highest BCUT2D eigenvalue weighted by Crippen LogP contribution is 2.28. The number of carbonyl (C=O) groups excluding carboxylic acids is 1. The van der Waals surface area contributed by atoms with Gasteiger partial charge in [0.05, 0.1) is 34.1 Å². The minimum Gasteiger partial charge on any atom is -0.481 e. The third-order valence-corrected chi connectivity index (χ3v) is 5.12. The van der Waals surface area contributed by atoms with E-state index in [0.29, 0.717) is 36.5 Å². The molecule has 0 saturated carbocycles. The summed E-state index contributed by atoms with van der Waals surface area (Å²) in [5.41, 5.74) is 2.10. The third-order valence-electron chi connectivity index (χ3n) is 4.80. The van der Waals surface area contributed by atoms with Gasteiger partial charge in [-0.2, -0.15) is 5.10 Å². The Morgan fingerprint density at radius 1 is 1.23 bits per heavy atom. The molecule has 2 heterocycles. The van der Waals surface area contributed by atoms with Crippen LogP contribution in [0.15, 0.2) is 30.5 Å². The van der Waals surface area contributed by atoms with Crippen molar-refractivity contribution >= 4 is 23.5 Å². The lowest BCUT2D eigenvalue weighted by molar-refractivity contribution is -0.143. The molecule has 1 N–H and O–H groups in total. The van der Waals surface area contributed by atoms with E-state index in [4.69, 9.17) is 16.7 Å². The topological polar surface area (TPSA) is 75.4 Å². The summed E-state index contributed by atoms with van der Waals surface area (Å²) >= 11 is 6.31. The Kier molecular flexibility index (Phi) is 5.32. The molecule has 1 aliphatic rings. The summed E-state index contributed by atoms with van der Waals surface area (Å²) in [5, 5.41) is 14.1. The van der Waals surface area contributed by atoms with Gasteiger partial charge < -0.3 is 10.0 Å². The summed E-state index contributed by atoms with van der Waals surface area (Å²) in [7, 11) is 0. The van der Waals surface area contributed by atoms with Crippen LogP contribution in [0.25, 0.3) is 5.69 Å². The maximum absolute atomic E-state index is 13.0. The number of benzene rings is 1. The first kappa shape index (κ1) is 18.5. The van der Waals surface area contributed by atoms with Gasteiger partial charge in [0.1, 0.15) is 0 Å². The number of carboxylic acid groups (broad SMARTS) is 1. The zero-order chi connectivity index (χ0) is 18.8. The predicted octanol–water partition coefficient (Wildman–Crippen LogP) is 3.59. The number of rotatable bonds is 4. The normalized spacial score (nSPS) is 15.5. The summed E-state index contributed by atoms with van der Waals surface area (Å²) < 4.78 is 1.73. The smallest absolute Gasteiger partial charge is 0.306 e. The largest absolute Gasteiger partial charge is 0.481 e. The van der Waals surface area contributed by atoms with E-state index in [-0.39, 0.29) is 17.7 Å². The Balaban J connectivity index is 1.90. The molecule has 0 bridgehead atoms. The van der Waals surface area contributed by atoms with Crippen molar-refractivity contribution in [2.45, 2.75) is 32.6 Å². The molecule has 0 spiro atoms. The van der Waals surface area contributed by atoms with E-state index in [1.807, 2.05) is 32.0 Å². The standard InChI is InChI=1S/C19H22ClN3O3/c1-12(2)17-14(11-21-23(17)16-6-4-3-5-15(16)20)18(24)22-9-7-13(8-10-22)19(25)26/h3-6,11-13H,7-10H2,1-2H3,(H,25,26). The average Bonchev–Trinajstić information content (AvgIpc) is 3.06. The quantitative estimate of drug-likeness (QED) is 0.886. The van der Waals surface area contributed by atoms with Crippen molar-refractivity contribution < 1.29 is 14.7 Å². The highest BCUT2D eigenvalue weighted by molar-refractivity contribution is 6.32. The fourth-order valence-electron chi connectivity index (χ4n) is 3.39. The molecule has 3 rings (SSSR count). The highest BCUT2D eigenvalue weighted by atomic mass is 35.5. The monoisotopic (exact) mass is 375 g/mol. The number of hydrogen-bond acceptors (Lipinski definition) is 3. The van der Waals surface area contributed by atoms with Crippen LogP contribution in [0.3, 0.4) is 0 Å². The van der Waals surface area contributed by atoms with Crippen LogP contribution in [-0.4, -0.2) is 44.8 Å². The van der Waals surface area contributed by atoms with Crippen molar-refractivity contribution in [3.05, 3.63) is 46.7 Å². The Hall–Kier alpha value is -2.34. The van der Waals surface area contributed by atoms with E-state index >= 15 is 0 Å². The third kappa shape index (κ3) is 3.46. The highest BCUT2D eigenvalue weighted by Gasteiger charge is 2.30.